The summed E-state index contributed by atoms with van der Waals surface area (Å²) in [6, 6.07) is 0. The van der Waals surface area contributed by atoms with Crippen LogP contribution in [0.4, 0.5) is 0 Å². The van der Waals surface area contributed by atoms with Crippen LogP contribution in [0.1, 0.15) is 12.8 Å². The van der Waals surface area contributed by atoms with Gasteiger partial charge in [0.25, 0.3) is 0 Å². The lowest BCUT2D eigenvalue weighted by atomic mass is 10.2. The van der Waals surface area contributed by atoms with Gasteiger partial charge in [0.2, 0.25) is 5.91 Å². The summed E-state index contributed by atoms with van der Waals surface area (Å²) in [5.41, 5.74) is 4.85. The molecule has 0 bridgehead atoms. The van der Waals surface area contributed by atoms with Crippen LogP contribution in [0.2, 0.25) is 0 Å². The third kappa shape index (κ3) is 2.96. The molecule has 1 saturated heterocycles. The lowest BCUT2D eigenvalue weighted by Crippen LogP contribution is -2.41. The second-order valence-corrected chi connectivity index (χ2v) is 5.52. The van der Waals surface area contributed by atoms with Crippen molar-refractivity contribution in [1.82, 2.24) is 5.32 Å². The number of nitrogens with two attached hydrogens (primary N) is 1. The van der Waals surface area contributed by atoms with Crippen LogP contribution in [-0.4, -0.2) is 38.4 Å². The number of hydrogen-bond acceptors (Lipinski definition) is 4. The van der Waals surface area contributed by atoms with E-state index in [1.165, 1.54) is 0 Å². The van der Waals surface area contributed by atoms with Crippen molar-refractivity contribution in [2.24, 2.45) is 5.73 Å². The number of carbonyl (C=O) groups excluding carboxylic acids is 1. The summed E-state index contributed by atoms with van der Waals surface area (Å²) in [4.78, 5) is 10.5. The molecular weight excluding hydrogens is 192 g/mol. The maximum Gasteiger partial charge on any atom is 0.232 e. The van der Waals surface area contributed by atoms with Crippen molar-refractivity contribution >= 4 is 15.7 Å². The van der Waals surface area contributed by atoms with Gasteiger partial charge in [-0.05, 0) is 19.4 Å². The summed E-state index contributed by atoms with van der Waals surface area (Å²) >= 11 is 0. The Bertz CT molecular complexity index is 280. The second kappa shape index (κ2) is 4.06. The molecule has 1 unspecified atom stereocenters. The van der Waals surface area contributed by atoms with Crippen LogP contribution in [-0.2, 0) is 14.6 Å². The van der Waals surface area contributed by atoms with Gasteiger partial charge < -0.3 is 11.1 Å². The molecule has 0 spiro atoms. The largest absolute Gasteiger partial charge is 0.369 e. The summed E-state index contributed by atoms with van der Waals surface area (Å²) in [7, 11) is -3.32. The zero-order valence-electron chi connectivity index (χ0n) is 7.32. The molecule has 6 heteroatoms. The lowest BCUT2D eigenvalue weighted by Gasteiger charge is -2.21. The summed E-state index contributed by atoms with van der Waals surface area (Å²) in [6.45, 7) is 1.29. The van der Waals surface area contributed by atoms with Gasteiger partial charge in [0.05, 0.1) is 5.25 Å². The first-order chi connectivity index (χ1) is 6.02. The number of piperidine rings is 1. The molecule has 1 rings (SSSR count). The molecule has 0 aliphatic carbocycles. The van der Waals surface area contributed by atoms with E-state index in [1.807, 2.05) is 0 Å². The second-order valence-electron chi connectivity index (χ2n) is 3.24. The highest BCUT2D eigenvalue weighted by Crippen LogP contribution is 2.11. The molecule has 1 aliphatic heterocycles. The van der Waals surface area contributed by atoms with E-state index in [9.17, 15) is 13.2 Å². The van der Waals surface area contributed by atoms with E-state index in [1.54, 1.807) is 0 Å². The molecular formula is C7H14N2O3S. The van der Waals surface area contributed by atoms with Crippen molar-refractivity contribution in [3.63, 3.8) is 0 Å². The zero-order valence-corrected chi connectivity index (χ0v) is 8.14. The van der Waals surface area contributed by atoms with Crippen molar-refractivity contribution in [3.05, 3.63) is 0 Å². The maximum atomic E-state index is 11.5. The first-order valence-corrected chi connectivity index (χ1v) is 5.94. The summed E-state index contributed by atoms with van der Waals surface area (Å²) in [5, 5.41) is 2.55. The molecule has 0 aromatic heterocycles. The van der Waals surface area contributed by atoms with E-state index in [2.05, 4.69) is 5.32 Å². The van der Waals surface area contributed by atoms with Crippen LogP contribution in [0.5, 0.6) is 0 Å². The van der Waals surface area contributed by atoms with E-state index in [-0.39, 0.29) is 0 Å². The van der Waals surface area contributed by atoms with Gasteiger partial charge in [-0.25, -0.2) is 8.42 Å². The van der Waals surface area contributed by atoms with Crippen LogP contribution < -0.4 is 11.1 Å². The number of carbonyl (C=O) groups is 1. The fourth-order valence-electron chi connectivity index (χ4n) is 1.44. The predicted molar refractivity (Wildman–Crippen MR) is 48.9 cm³/mol. The quantitative estimate of drug-likeness (QED) is 0.596. The molecule has 1 amide bonds. The number of nitrogens with one attached hydrogen (secondary N) is 1. The van der Waals surface area contributed by atoms with Gasteiger partial charge in [-0.2, -0.15) is 0 Å². The van der Waals surface area contributed by atoms with E-state index < -0.39 is 26.7 Å². The van der Waals surface area contributed by atoms with Crippen molar-refractivity contribution in [2.75, 3.05) is 18.8 Å². The number of primary amides is 1. The Morgan fingerprint density at radius 2 is 2.23 bits per heavy atom. The van der Waals surface area contributed by atoms with Crippen LogP contribution in [0.15, 0.2) is 0 Å². The zero-order chi connectivity index (χ0) is 9.90. The van der Waals surface area contributed by atoms with Gasteiger partial charge in [0.1, 0.15) is 5.75 Å². The van der Waals surface area contributed by atoms with Crippen LogP contribution in [0.25, 0.3) is 0 Å². The Balaban J connectivity index is 2.62. The standard InChI is InChI=1S/C7H14N2O3S/c8-7(10)5-13(11,12)6-2-1-3-9-4-6/h6,9H,1-5H2,(H2,8,10). The number of rotatable bonds is 3. The topological polar surface area (TPSA) is 89.3 Å². The Morgan fingerprint density at radius 3 is 2.69 bits per heavy atom. The van der Waals surface area contributed by atoms with Crippen LogP contribution in [0, 0.1) is 0 Å². The number of hydrogen-bond donors (Lipinski definition) is 2. The van der Waals surface area contributed by atoms with Gasteiger partial charge in [0.15, 0.2) is 9.84 Å². The van der Waals surface area contributed by atoms with E-state index in [0.717, 1.165) is 13.0 Å². The first kappa shape index (κ1) is 10.5. The smallest absolute Gasteiger partial charge is 0.232 e. The maximum absolute atomic E-state index is 11.5. The molecule has 13 heavy (non-hydrogen) atoms. The van der Waals surface area contributed by atoms with Gasteiger partial charge in [0, 0.05) is 6.54 Å². The van der Waals surface area contributed by atoms with Gasteiger partial charge in [-0.1, -0.05) is 0 Å². The highest BCUT2D eigenvalue weighted by Gasteiger charge is 2.28. The minimum Gasteiger partial charge on any atom is -0.369 e. The van der Waals surface area contributed by atoms with Gasteiger partial charge in [-0.3, -0.25) is 4.79 Å². The third-order valence-electron chi connectivity index (χ3n) is 2.10. The molecule has 1 heterocycles. The van der Waals surface area contributed by atoms with E-state index in [4.69, 9.17) is 5.73 Å². The SMILES string of the molecule is NC(=O)CS(=O)(=O)C1CCCNC1. The van der Waals surface area contributed by atoms with Crippen molar-refractivity contribution in [3.8, 4) is 0 Å². The van der Waals surface area contributed by atoms with Crippen molar-refractivity contribution < 1.29 is 13.2 Å². The number of sulfone groups is 1. The summed E-state index contributed by atoms with van der Waals surface area (Å²) < 4.78 is 22.9. The molecule has 0 radical (unpaired) electrons. The summed E-state index contributed by atoms with van der Waals surface area (Å²) in [6.07, 6.45) is 1.46. The molecule has 76 valence electrons. The van der Waals surface area contributed by atoms with Gasteiger partial charge >= 0.3 is 0 Å². The molecule has 0 saturated carbocycles. The summed E-state index contributed by atoms with van der Waals surface area (Å²) in [5.74, 6) is -1.30. The third-order valence-corrected chi connectivity index (χ3v) is 4.21. The average molecular weight is 206 g/mol. The highest BCUT2D eigenvalue weighted by atomic mass is 32.2. The fraction of sp³-hybridized carbons (Fsp3) is 0.857. The Morgan fingerprint density at radius 1 is 1.54 bits per heavy atom. The predicted octanol–water partition coefficient (Wildman–Crippen LogP) is -1.36. The van der Waals surface area contributed by atoms with Gasteiger partial charge in [-0.15, -0.1) is 0 Å². The molecule has 3 N–H and O–H groups in total. The molecule has 0 aromatic rings. The molecule has 1 aliphatic rings. The molecule has 1 atom stereocenters. The van der Waals surface area contributed by atoms with Crippen molar-refractivity contribution in [2.45, 2.75) is 18.1 Å². The van der Waals surface area contributed by atoms with E-state index in [0.29, 0.717) is 13.0 Å². The molecule has 5 nitrogen and oxygen atoms in total. The minimum atomic E-state index is -3.32. The molecule has 0 aromatic carbocycles. The number of amides is 1. The fourth-order valence-corrected chi connectivity index (χ4v) is 2.97. The Hall–Kier alpha value is -0.620. The van der Waals surface area contributed by atoms with E-state index >= 15 is 0 Å². The Kier molecular flexibility index (Phi) is 3.27. The Labute approximate surface area is 77.6 Å². The minimum absolute atomic E-state index is 0.436. The molecule has 1 fully saturated rings. The first-order valence-electron chi connectivity index (χ1n) is 4.23. The lowest BCUT2D eigenvalue weighted by molar-refractivity contribution is -0.115. The van der Waals surface area contributed by atoms with Crippen molar-refractivity contribution in [1.29, 1.82) is 0 Å². The monoisotopic (exact) mass is 206 g/mol. The van der Waals surface area contributed by atoms with Crippen LogP contribution in [0.3, 0.4) is 0 Å². The normalized spacial score (nSPS) is 24.2. The average Bonchev–Trinajstić information content (AvgIpc) is 2.04. The van der Waals surface area contributed by atoms with Crippen LogP contribution >= 0.6 is 0 Å². The highest BCUT2D eigenvalue weighted by molar-refractivity contribution is 7.92.